The summed E-state index contributed by atoms with van der Waals surface area (Å²) in [4.78, 5) is 3.39. The van der Waals surface area contributed by atoms with Crippen molar-refractivity contribution in [2.24, 2.45) is 0 Å². The Morgan fingerprint density at radius 2 is 1.88 bits per heavy atom. The molecule has 1 aliphatic rings. The van der Waals surface area contributed by atoms with E-state index in [9.17, 15) is 13.5 Å². The lowest BCUT2D eigenvalue weighted by Crippen LogP contribution is -2.52. The first kappa shape index (κ1) is 17.3. The van der Waals surface area contributed by atoms with E-state index in [-0.39, 0.29) is 10.9 Å². The monoisotopic (exact) mass is 370 g/mol. The summed E-state index contributed by atoms with van der Waals surface area (Å²) in [5.74, 6) is 0. The molecule has 0 fully saturated rings. The molecule has 0 radical (unpaired) electrons. The predicted molar refractivity (Wildman–Crippen MR) is 101 cm³/mol. The standard InChI is InChI=1S/C20H22N2O3S/c1-13(2)22-18(12-14-6-5-8-17-15(14)10-11-21-17)20(23)16-7-3-4-9-19(16)26(22,24)25/h3-11,13,18,20-21,23H,12H2,1-2H3/t18-,20-/m0/s1. The summed E-state index contributed by atoms with van der Waals surface area (Å²) >= 11 is 0. The SMILES string of the molecule is CC(C)N1[C@@H](Cc2cccc3[nH]ccc23)[C@@H](O)c2ccccc2S1(=O)=O. The molecule has 5 nitrogen and oxygen atoms in total. The van der Waals surface area contributed by atoms with Crippen molar-refractivity contribution in [1.29, 1.82) is 0 Å². The molecule has 3 aromatic rings. The third-order valence-electron chi connectivity index (χ3n) is 5.11. The normalized spacial score (nSPS) is 22.6. The molecule has 136 valence electrons. The molecule has 6 heteroatoms. The van der Waals surface area contributed by atoms with Gasteiger partial charge in [-0.25, -0.2) is 8.42 Å². The van der Waals surface area contributed by atoms with Gasteiger partial charge in [0, 0.05) is 28.7 Å². The van der Waals surface area contributed by atoms with Crippen molar-refractivity contribution in [3.63, 3.8) is 0 Å². The number of fused-ring (bicyclic) bond motifs is 2. The number of sulfonamides is 1. The highest BCUT2D eigenvalue weighted by atomic mass is 32.2. The van der Waals surface area contributed by atoms with Crippen LogP contribution in [-0.2, 0) is 16.4 Å². The van der Waals surface area contributed by atoms with Crippen LogP contribution in [0.5, 0.6) is 0 Å². The highest BCUT2D eigenvalue weighted by Crippen LogP contribution is 2.39. The zero-order chi connectivity index (χ0) is 18.5. The lowest BCUT2D eigenvalue weighted by Gasteiger charge is -2.41. The molecule has 0 saturated carbocycles. The number of rotatable bonds is 3. The predicted octanol–water partition coefficient (Wildman–Crippen LogP) is 3.23. The number of aromatic nitrogens is 1. The zero-order valence-corrected chi connectivity index (χ0v) is 15.6. The van der Waals surface area contributed by atoms with Gasteiger partial charge in [-0.1, -0.05) is 30.3 Å². The summed E-state index contributed by atoms with van der Waals surface area (Å²) in [6, 6.07) is 13.9. The summed E-state index contributed by atoms with van der Waals surface area (Å²) < 4.78 is 27.9. The van der Waals surface area contributed by atoms with Gasteiger partial charge in [0.15, 0.2) is 0 Å². The molecule has 0 bridgehead atoms. The molecule has 0 aliphatic carbocycles. The molecule has 4 rings (SSSR count). The Hall–Kier alpha value is -2.15. The van der Waals surface area contributed by atoms with Gasteiger partial charge < -0.3 is 10.1 Å². The van der Waals surface area contributed by atoms with Crippen LogP contribution < -0.4 is 0 Å². The largest absolute Gasteiger partial charge is 0.387 e. The van der Waals surface area contributed by atoms with Crippen molar-refractivity contribution in [3.05, 3.63) is 65.9 Å². The number of aliphatic hydroxyl groups is 1. The van der Waals surface area contributed by atoms with E-state index >= 15 is 0 Å². The Morgan fingerprint density at radius 3 is 2.65 bits per heavy atom. The van der Waals surface area contributed by atoms with Crippen LogP contribution in [0.15, 0.2) is 59.6 Å². The molecule has 0 saturated heterocycles. The maximum Gasteiger partial charge on any atom is 0.244 e. The summed E-state index contributed by atoms with van der Waals surface area (Å²) in [5.41, 5.74) is 2.51. The van der Waals surface area contributed by atoms with Gasteiger partial charge in [-0.2, -0.15) is 4.31 Å². The molecule has 0 spiro atoms. The van der Waals surface area contributed by atoms with Gasteiger partial charge in [0.1, 0.15) is 0 Å². The van der Waals surface area contributed by atoms with E-state index in [0.29, 0.717) is 12.0 Å². The van der Waals surface area contributed by atoms with Crippen LogP contribution in [0.3, 0.4) is 0 Å². The van der Waals surface area contributed by atoms with E-state index in [1.165, 1.54) is 4.31 Å². The minimum atomic E-state index is -3.66. The number of nitrogens with zero attached hydrogens (tertiary/aromatic N) is 1. The van der Waals surface area contributed by atoms with Crippen LogP contribution in [0.25, 0.3) is 10.9 Å². The number of aromatic amines is 1. The Balaban J connectivity index is 1.85. The van der Waals surface area contributed by atoms with Crippen LogP contribution in [-0.4, -0.2) is 34.9 Å². The Morgan fingerprint density at radius 1 is 1.12 bits per heavy atom. The first-order valence-electron chi connectivity index (χ1n) is 8.77. The highest BCUT2D eigenvalue weighted by molar-refractivity contribution is 7.89. The molecule has 1 aromatic heterocycles. The van der Waals surface area contributed by atoms with Gasteiger partial charge in [0.2, 0.25) is 10.0 Å². The molecule has 2 aromatic carbocycles. The molecule has 26 heavy (non-hydrogen) atoms. The van der Waals surface area contributed by atoms with Crippen molar-refractivity contribution >= 4 is 20.9 Å². The van der Waals surface area contributed by atoms with Gasteiger partial charge in [-0.15, -0.1) is 0 Å². The fourth-order valence-corrected chi connectivity index (χ4v) is 6.08. The number of aliphatic hydroxyl groups excluding tert-OH is 1. The van der Waals surface area contributed by atoms with E-state index in [2.05, 4.69) is 4.98 Å². The maximum atomic E-state index is 13.2. The molecule has 2 heterocycles. The number of nitrogens with one attached hydrogen (secondary N) is 1. The molecule has 0 amide bonds. The summed E-state index contributed by atoms with van der Waals surface area (Å²) in [6.07, 6.45) is 1.45. The Bertz CT molecular complexity index is 1060. The second-order valence-corrected chi connectivity index (χ2v) is 8.85. The van der Waals surface area contributed by atoms with Crippen molar-refractivity contribution in [1.82, 2.24) is 9.29 Å². The number of hydrogen-bond acceptors (Lipinski definition) is 3. The van der Waals surface area contributed by atoms with Crippen LogP contribution >= 0.6 is 0 Å². The summed E-state index contributed by atoms with van der Waals surface area (Å²) in [7, 11) is -3.66. The second kappa shape index (κ2) is 6.23. The highest BCUT2D eigenvalue weighted by Gasteiger charge is 2.44. The molecule has 2 atom stereocenters. The van der Waals surface area contributed by atoms with Gasteiger partial charge in [-0.3, -0.25) is 0 Å². The molecule has 0 unspecified atom stereocenters. The quantitative estimate of drug-likeness (QED) is 0.743. The van der Waals surface area contributed by atoms with E-state index in [1.54, 1.807) is 24.3 Å². The minimum absolute atomic E-state index is 0.206. The van der Waals surface area contributed by atoms with Crippen LogP contribution in [0.4, 0.5) is 0 Å². The number of benzene rings is 2. The molecular formula is C20H22N2O3S. The second-order valence-electron chi connectivity index (χ2n) is 7.04. The zero-order valence-electron chi connectivity index (χ0n) is 14.8. The smallest absolute Gasteiger partial charge is 0.244 e. The molecule has 1 aliphatic heterocycles. The third kappa shape index (κ3) is 2.57. The van der Waals surface area contributed by atoms with Gasteiger partial charge in [-0.05, 0) is 44.0 Å². The number of hydrogen-bond donors (Lipinski definition) is 2. The lowest BCUT2D eigenvalue weighted by atomic mass is 9.93. The topological polar surface area (TPSA) is 73.4 Å². The molecular weight excluding hydrogens is 348 g/mol. The van der Waals surface area contributed by atoms with E-state index in [4.69, 9.17) is 0 Å². The minimum Gasteiger partial charge on any atom is -0.387 e. The molecule has 2 N–H and O–H groups in total. The van der Waals surface area contributed by atoms with Crippen molar-refractivity contribution < 1.29 is 13.5 Å². The van der Waals surface area contributed by atoms with Crippen LogP contribution in [0.1, 0.15) is 31.1 Å². The average molecular weight is 370 g/mol. The fraction of sp³-hybridized carbons (Fsp3) is 0.300. The van der Waals surface area contributed by atoms with Gasteiger partial charge in [0.25, 0.3) is 0 Å². The first-order chi connectivity index (χ1) is 12.4. The number of H-pyrrole nitrogens is 1. The van der Waals surface area contributed by atoms with Crippen LogP contribution in [0.2, 0.25) is 0 Å². The Kier molecular flexibility index (Phi) is 4.14. The van der Waals surface area contributed by atoms with E-state index in [0.717, 1.165) is 16.5 Å². The van der Waals surface area contributed by atoms with Gasteiger partial charge >= 0.3 is 0 Å². The van der Waals surface area contributed by atoms with Crippen molar-refractivity contribution in [2.75, 3.05) is 0 Å². The Labute approximate surface area is 153 Å². The third-order valence-corrected chi connectivity index (χ3v) is 7.28. The summed E-state index contributed by atoms with van der Waals surface area (Å²) in [6.45, 7) is 3.70. The van der Waals surface area contributed by atoms with E-state index < -0.39 is 22.2 Å². The lowest BCUT2D eigenvalue weighted by molar-refractivity contribution is 0.0687. The fourth-order valence-electron chi connectivity index (χ4n) is 4.01. The van der Waals surface area contributed by atoms with E-state index in [1.807, 2.05) is 44.3 Å². The van der Waals surface area contributed by atoms with Crippen LogP contribution in [0, 0.1) is 0 Å². The van der Waals surface area contributed by atoms with Crippen molar-refractivity contribution in [2.45, 2.75) is 43.4 Å². The summed E-state index contributed by atoms with van der Waals surface area (Å²) in [5, 5.41) is 12.1. The first-order valence-corrected chi connectivity index (χ1v) is 10.2. The van der Waals surface area contributed by atoms with Gasteiger partial charge in [0.05, 0.1) is 17.0 Å². The van der Waals surface area contributed by atoms with Crippen molar-refractivity contribution in [3.8, 4) is 0 Å². The maximum absolute atomic E-state index is 13.2. The average Bonchev–Trinajstić information content (AvgIpc) is 3.09.